The summed E-state index contributed by atoms with van der Waals surface area (Å²) in [5.74, 6) is -0.598. The van der Waals surface area contributed by atoms with Gasteiger partial charge in [0.15, 0.2) is 0 Å². The molecule has 37 heavy (non-hydrogen) atoms. The van der Waals surface area contributed by atoms with Crippen LogP contribution >= 0.6 is 0 Å². The number of nitrogens with one attached hydrogen (secondary N) is 1. The predicted octanol–water partition coefficient (Wildman–Crippen LogP) is 4.24. The topological polar surface area (TPSA) is 86.8 Å². The summed E-state index contributed by atoms with van der Waals surface area (Å²) in [6.07, 6.45) is -2.80. The lowest BCUT2D eigenvalue weighted by atomic mass is 10.1. The van der Waals surface area contributed by atoms with E-state index in [4.69, 9.17) is 0 Å². The molecule has 0 aliphatic heterocycles. The van der Waals surface area contributed by atoms with Crippen molar-refractivity contribution in [3.8, 4) is 0 Å². The number of likely N-dealkylation sites (N-methyl/N-ethyl adjacent to an activating group) is 1. The molecule has 0 aromatic heterocycles. The Bertz CT molecular complexity index is 1140. The van der Waals surface area contributed by atoms with E-state index in [1.807, 2.05) is 37.3 Å². The molecular formula is C26H34F3N3O4S. The normalized spacial score (nSPS) is 12.6. The quantitative estimate of drug-likeness (QED) is 0.411. The molecule has 2 amide bonds. The van der Waals surface area contributed by atoms with E-state index >= 15 is 0 Å². The molecule has 0 fully saturated rings. The zero-order chi connectivity index (χ0) is 27.6. The van der Waals surface area contributed by atoms with Crippen molar-refractivity contribution in [1.82, 2.24) is 10.2 Å². The van der Waals surface area contributed by atoms with Gasteiger partial charge in [-0.05, 0) is 49.9 Å². The van der Waals surface area contributed by atoms with Gasteiger partial charge in [0.2, 0.25) is 21.8 Å². The molecule has 0 aliphatic carbocycles. The average molecular weight is 542 g/mol. The Labute approximate surface area is 216 Å². The van der Waals surface area contributed by atoms with E-state index in [1.54, 1.807) is 6.92 Å². The van der Waals surface area contributed by atoms with Gasteiger partial charge in [0.1, 0.15) is 6.04 Å². The number of rotatable bonds is 13. The van der Waals surface area contributed by atoms with Gasteiger partial charge in [-0.15, -0.1) is 0 Å². The maximum Gasteiger partial charge on any atom is 0.416 e. The lowest BCUT2D eigenvalue weighted by Gasteiger charge is -2.31. The van der Waals surface area contributed by atoms with Crippen LogP contribution < -0.4 is 9.62 Å². The summed E-state index contributed by atoms with van der Waals surface area (Å²) >= 11 is 0. The van der Waals surface area contributed by atoms with Gasteiger partial charge >= 0.3 is 6.18 Å². The minimum absolute atomic E-state index is 0.0653. The van der Waals surface area contributed by atoms with Gasteiger partial charge in [-0.3, -0.25) is 13.9 Å². The third-order valence-electron chi connectivity index (χ3n) is 5.83. The van der Waals surface area contributed by atoms with E-state index in [0.717, 1.165) is 34.3 Å². The number of alkyl halides is 3. The Balaban J connectivity index is 2.18. The molecule has 2 rings (SSSR count). The van der Waals surface area contributed by atoms with Crippen molar-refractivity contribution in [2.24, 2.45) is 0 Å². The molecule has 204 valence electrons. The fourth-order valence-electron chi connectivity index (χ4n) is 4.03. The molecule has 0 aliphatic rings. The lowest BCUT2D eigenvalue weighted by molar-refractivity contribution is -0.140. The van der Waals surface area contributed by atoms with Crippen molar-refractivity contribution in [3.63, 3.8) is 0 Å². The van der Waals surface area contributed by atoms with Gasteiger partial charge in [0, 0.05) is 26.1 Å². The van der Waals surface area contributed by atoms with Gasteiger partial charge in [0.25, 0.3) is 0 Å². The lowest BCUT2D eigenvalue weighted by Crippen LogP contribution is -2.50. The van der Waals surface area contributed by atoms with Gasteiger partial charge in [-0.2, -0.15) is 13.2 Å². The highest BCUT2D eigenvalue weighted by Crippen LogP contribution is 2.32. The summed E-state index contributed by atoms with van der Waals surface area (Å²) in [7, 11) is -3.91. The Morgan fingerprint density at radius 1 is 1.00 bits per heavy atom. The van der Waals surface area contributed by atoms with Crippen LogP contribution in [0.15, 0.2) is 54.6 Å². The highest BCUT2D eigenvalue weighted by molar-refractivity contribution is 7.92. The molecule has 0 heterocycles. The summed E-state index contributed by atoms with van der Waals surface area (Å²) in [6.45, 7) is 4.12. The average Bonchev–Trinajstić information content (AvgIpc) is 2.83. The minimum Gasteiger partial charge on any atom is -0.355 e. The van der Waals surface area contributed by atoms with Crippen LogP contribution in [0, 0.1) is 0 Å². The maximum atomic E-state index is 13.3. The molecule has 0 spiro atoms. The second kappa shape index (κ2) is 13.5. The molecule has 2 aromatic carbocycles. The first-order valence-corrected chi connectivity index (χ1v) is 14.0. The summed E-state index contributed by atoms with van der Waals surface area (Å²) in [5.41, 5.74) is -0.0899. The minimum atomic E-state index is -4.62. The summed E-state index contributed by atoms with van der Waals surface area (Å²) in [4.78, 5) is 27.4. The van der Waals surface area contributed by atoms with E-state index in [2.05, 4.69) is 5.32 Å². The molecule has 2 aromatic rings. The van der Waals surface area contributed by atoms with E-state index in [9.17, 15) is 31.2 Å². The molecule has 0 bridgehead atoms. The number of hydrogen-bond donors (Lipinski definition) is 1. The van der Waals surface area contributed by atoms with Gasteiger partial charge in [-0.1, -0.05) is 43.3 Å². The van der Waals surface area contributed by atoms with Crippen LogP contribution in [-0.2, 0) is 32.2 Å². The number of hydrogen-bond acceptors (Lipinski definition) is 4. The number of amides is 2. The monoisotopic (exact) mass is 541 g/mol. The number of carbonyl (C=O) groups is 2. The molecule has 0 radical (unpaired) electrons. The van der Waals surface area contributed by atoms with Crippen molar-refractivity contribution >= 4 is 27.5 Å². The summed E-state index contributed by atoms with van der Waals surface area (Å²) < 4.78 is 65.1. The molecule has 0 saturated carbocycles. The Morgan fingerprint density at radius 2 is 1.68 bits per heavy atom. The highest BCUT2D eigenvalue weighted by atomic mass is 32.2. The maximum absolute atomic E-state index is 13.3. The Hall–Kier alpha value is -3.08. The number of carbonyl (C=O) groups excluding carboxylic acids is 2. The number of halogens is 3. The number of sulfonamides is 1. The van der Waals surface area contributed by atoms with Crippen LogP contribution in [0.25, 0.3) is 0 Å². The van der Waals surface area contributed by atoms with Gasteiger partial charge < -0.3 is 10.2 Å². The highest BCUT2D eigenvalue weighted by Gasteiger charge is 2.32. The number of benzene rings is 2. The summed E-state index contributed by atoms with van der Waals surface area (Å²) in [5, 5.41) is 2.75. The first kappa shape index (κ1) is 30.1. The summed E-state index contributed by atoms with van der Waals surface area (Å²) in [6, 6.07) is 12.9. The molecule has 7 nitrogen and oxygen atoms in total. The van der Waals surface area contributed by atoms with Crippen LogP contribution in [0.1, 0.15) is 44.2 Å². The van der Waals surface area contributed by atoms with Gasteiger partial charge in [-0.25, -0.2) is 8.42 Å². The number of anilines is 1. The second-order valence-corrected chi connectivity index (χ2v) is 10.5. The Kier molecular flexibility index (Phi) is 11.0. The van der Waals surface area contributed by atoms with Gasteiger partial charge in [0.05, 0.1) is 17.5 Å². The van der Waals surface area contributed by atoms with Crippen LogP contribution in [0.3, 0.4) is 0 Å². The second-order valence-electron chi connectivity index (χ2n) is 8.63. The van der Waals surface area contributed by atoms with Crippen molar-refractivity contribution < 1.29 is 31.2 Å². The molecule has 1 atom stereocenters. The standard InChI is InChI=1S/C26H34F3N3O4S/c1-4-23(25(34)30-5-2)31(18-16-20-11-7-6-8-12-20)24(33)15-10-17-32(37(3,35)36)22-14-9-13-21(19-22)26(27,28)29/h6-9,11-14,19,23H,4-5,10,15-18H2,1-3H3,(H,30,34)/t23-/m0/s1. The largest absolute Gasteiger partial charge is 0.416 e. The zero-order valence-electron chi connectivity index (χ0n) is 21.3. The fraction of sp³-hybridized carbons (Fsp3) is 0.462. The fourth-order valence-corrected chi connectivity index (χ4v) is 4.99. The third kappa shape index (κ3) is 9.07. The van der Waals surface area contributed by atoms with E-state index in [1.165, 1.54) is 11.0 Å². The van der Waals surface area contributed by atoms with Crippen molar-refractivity contribution in [2.75, 3.05) is 30.2 Å². The van der Waals surface area contributed by atoms with Crippen LogP contribution in [0.5, 0.6) is 0 Å². The smallest absolute Gasteiger partial charge is 0.355 e. The van der Waals surface area contributed by atoms with Crippen LogP contribution in [0.4, 0.5) is 18.9 Å². The molecule has 0 unspecified atom stereocenters. The van der Waals surface area contributed by atoms with Crippen molar-refractivity contribution in [2.45, 2.75) is 51.7 Å². The van der Waals surface area contributed by atoms with E-state index < -0.39 is 27.8 Å². The third-order valence-corrected chi connectivity index (χ3v) is 7.03. The van der Waals surface area contributed by atoms with Crippen molar-refractivity contribution in [3.05, 3.63) is 65.7 Å². The van der Waals surface area contributed by atoms with E-state index in [0.29, 0.717) is 25.9 Å². The molecular weight excluding hydrogens is 507 g/mol. The number of nitrogens with zero attached hydrogens (tertiary/aromatic N) is 2. The van der Waals surface area contributed by atoms with Crippen molar-refractivity contribution in [1.29, 1.82) is 0 Å². The van der Waals surface area contributed by atoms with E-state index in [-0.39, 0.29) is 36.9 Å². The predicted molar refractivity (Wildman–Crippen MR) is 137 cm³/mol. The first-order valence-electron chi connectivity index (χ1n) is 12.1. The zero-order valence-corrected chi connectivity index (χ0v) is 22.1. The molecule has 0 saturated heterocycles. The molecule has 11 heteroatoms. The Morgan fingerprint density at radius 3 is 2.24 bits per heavy atom. The molecule has 1 N–H and O–H groups in total. The first-order chi connectivity index (χ1) is 17.4. The van der Waals surface area contributed by atoms with Crippen LogP contribution in [0.2, 0.25) is 0 Å². The SMILES string of the molecule is CCNC(=O)[C@H](CC)N(CCc1ccccc1)C(=O)CCCN(c1cccc(C(F)(F)F)c1)S(C)(=O)=O. The van der Waals surface area contributed by atoms with Crippen LogP contribution in [-0.4, -0.2) is 57.1 Å².